The van der Waals surface area contributed by atoms with Gasteiger partial charge >= 0.3 is 0 Å². The summed E-state index contributed by atoms with van der Waals surface area (Å²) in [5.41, 5.74) is 7.48. The van der Waals surface area contributed by atoms with Gasteiger partial charge in [0.15, 0.2) is 5.16 Å². The van der Waals surface area contributed by atoms with Crippen LogP contribution in [0.25, 0.3) is 10.2 Å². The van der Waals surface area contributed by atoms with Gasteiger partial charge in [0.25, 0.3) is 0 Å². The predicted octanol–water partition coefficient (Wildman–Crippen LogP) is 3.48. The zero-order chi connectivity index (χ0) is 14.3. The second kappa shape index (κ2) is 5.50. The molecule has 0 radical (unpaired) electrons. The van der Waals surface area contributed by atoms with Crippen LogP contribution in [-0.4, -0.2) is 21.8 Å². The van der Waals surface area contributed by atoms with Gasteiger partial charge in [0.2, 0.25) is 0 Å². The Kier molecular flexibility index (Phi) is 3.88. The van der Waals surface area contributed by atoms with Crippen LogP contribution in [0, 0.1) is 5.92 Å². The minimum absolute atomic E-state index is 0.268. The summed E-state index contributed by atoms with van der Waals surface area (Å²) in [5, 5.41) is 1.83. The molecule has 2 N–H and O–H groups in total. The van der Waals surface area contributed by atoms with Crippen LogP contribution in [0.15, 0.2) is 5.16 Å². The molecule has 0 saturated carbocycles. The third-order valence-corrected chi connectivity index (χ3v) is 5.42. The van der Waals surface area contributed by atoms with E-state index in [1.54, 1.807) is 23.1 Å². The normalized spacial score (nSPS) is 18.7. The lowest BCUT2D eigenvalue weighted by Crippen LogP contribution is -2.26. The Bertz CT molecular complexity index is 639. The van der Waals surface area contributed by atoms with Crippen molar-refractivity contribution in [1.82, 2.24) is 9.97 Å². The largest absolute Gasteiger partial charge is 0.383 e. The van der Waals surface area contributed by atoms with Crippen molar-refractivity contribution in [2.45, 2.75) is 45.1 Å². The summed E-state index contributed by atoms with van der Waals surface area (Å²) >= 11 is 3.33. The zero-order valence-corrected chi connectivity index (χ0v) is 13.6. The molecule has 1 unspecified atom stereocenters. The minimum atomic E-state index is 0.268. The summed E-state index contributed by atoms with van der Waals surface area (Å²) in [4.78, 5) is 11.3. The van der Waals surface area contributed by atoms with Gasteiger partial charge in [0.05, 0.1) is 18.1 Å². The molecule has 4 nitrogen and oxygen atoms in total. The first-order valence-corrected chi connectivity index (χ1v) is 8.72. The fraction of sp³-hybridized carbons (Fsp3) is 0.571. The number of aromatic nitrogens is 2. The number of ether oxygens (including phenoxy) is 1. The van der Waals surface area contributed by atoms with Crippen molar-refractivity contribution in [1.29, 1.82) is 0 Å². The fourth-order valence-electron chi connectivity index (χ4n) is 2.51. The second-order valence-electron chi connectivity index (χ2n) is 5.31. The molecule has 0 bridgehead atoms. The molecule has 3 heterocycles. The quantitative estimate of drug-likeness (QED) is 0.695. The summed E-state index contributed by atoms with van der Waals surface area (Å²) in [6, 6.07) is 0. The molecule has 6 heteroatoms. The maximum Gasteiger partial charge on any atom is 0.190 e. The number of nitrogens with zero attached hydrogens (tertiary/aromatic N) is 2. The van der Waals surface area contributed by atoms with Crippen LogP contribution in [0.5, 0.6) is 0 Å². The molecule has 0 aromatic carbocycles. The van der Waals surface area contributed by atoms with Crippen LogP contribution < -0.4 is 5.73 Å². The number of thioether (sulfide) groups is 1. The van der Waals surface area contributed by atoms with Gasteiger partial charge in [-0.3, -0.25) is 0 Å². The monoisotopic (exact) mass is 309 g/mol. The van der Waals surface area contributed by atoms with Crippen molar-refractivity contribution in [3.05, 3.63) is 10.4 Å². The predicted molar refractivity (Wildman–Crippen MR) is 85.3 cm³/mol. The van der Waals surface area contributed by atoms with E-state index in [-0.39, 0.29) is 6.10 Å². The van der Waals surface area contributed by atoms with E-state index in [1.165, 1.54) is 10.4 Å². The average Bonchev–Trinajstić information content (AvgIpc) is 2.76. The van der Waals surface area contributed by atoms with Gasteiger partial charge in [-0.2, -0.15) is 0 Å². The van der Waals surface area contributed by atoms with E-state index in [0.29, 0.717) is 18.3 Å². The van der Waals surface area contributed by atoms with Gasteiger partial charge in [0, 0.05) is 11.3 Å². The summed E-state index contributed by atoms with van der Waals surface area (Å²) in [6.45, 7) is 7.16. The molecule has 1 aliphatic heterocycles. The Morgan fingerprint density at radius 3 is 2.95 bits per heavy atom. The van der Waals surface area contributed by atoms with Gasteiger partial charge < -0.3 is 10.5 Å². The van der Waals surface area contributed by atoms with E-state index >= 15 is 0 Å². The number of hydrogen-bond acceptors (Lipinski definition) is 6. The Labute approximate surface area is 127 Å². The molecule has 108 valence electrons. The Morgan fingerprint density at radius 2 is 2.25 bits per heavy atom. The van der Waals surface area contributed by atoms with Gasteiger partial charge in [0.1, 0.15) is 10.6 Å². The first-order chi connectivity index (χ1) is 9.60. The number of nitrogens with two attached hydrogens (primary N) is 1. The van der Waals surface area contributed by atoms with Crippen LogP contribution in [-0.2, 0) is 17.8 Å². The number of anilines is 1. The second-order valence-corrected chi connectivity index (χ2v) is 7.62. The topological polar surface area (TPSA) is 61.0 Å². The minimum Gasteiger partial charge on any atom is -0.383 e. The zero-order valence-electron chi connectivity index (χ0n) is 12.0. The Hall–Kier alpha value is -0.850. The van der Waals surface area contributed by atoms with E-state index < -0.39 is 0 Å². The molecule has 0 aliphatic carbocycles. The molecule has 2 aromatic heterocycles. The maximum atomic E-state index is 6.18. The molecule has 0 amide bonds. The van der Waals surface area contributed by atoms with Gasteiger partial charge in [-0.05, 0) is 17.2 Å². The fourth-order valence-corrected chi connectivity index (χ4v) is 4.27. The van der Waals surface area contributed by atoms with E-state index in [9.17, 15) is 0 Å². The number of nitrogen functional groups attached to an aromatic ring is 1. The average molecular weight is 309 g/mol. The maximum absolute atomic E-state index is 6.18. The first-order valence-electron chi connectivity index (χ1n) is 6.92. The smallest absolute Gasteiger partial charge is 0.190 e. The van der Waals surface area contributed by atoms with Crippen LogP contribution in [0.2, 0.25) is 0 Å². The molecular formula is C14H19N3OS2. The summed E-state index contributed by atoms with van der Waals surface area (Å²) in [5.74, 6) is 2.08. The number of thiophene rings is 1. The molecule has 1 atom stereocenters. The van der Waals surface area contributed by atoms with E-state index in [0.717, 1.165) is 27.5 Å². The van der Waals surface area contributed by atoms with E-state index in [1.807, 2.05) is 0 Å². The van der Waals surface area contributed by atoms with Crippen molar-refractivity contribution >= 4 is 39.1 Å². The highest BCUT2D eigenvalue weighted by Crippen LogP contribution is 2.39. The molecule has 2 aromatic rings. The van der Waals surface area contributed by atoms with Crippen molar-refractivity contribution in [3.63, 3.8) is 0 Å². The standard InChI is InChI=1S/C14H19N3OS2/c1-4-19-14-16-12(15)11-8-5-9(7(2)3)18-6-10(8)20-13(11)17-14/h7,9H,4-6H2,1-3H3,(H2,15,16,17). The van der Waals surface area contributed by atoms with Crippen molar-refractivity contribution in [2.75, 3.05) is 11.5 Å². The van der Waals surface area contributed by atoms with Gasteiger partial charge in [-0.15, -0.1) is 11.3 Å². The molecule has 0 fully saturated rings. The number of hydrogen-bond donors (Lipinski definition) is 1. The highest BCUT2D eigenvalue weighted by molar-refractivity contribution is 7.99. The number of rotatable bonds is 3. The summed E-state index contributed by atoms with van der Waals surface area (Å²) in [7, 11) is 0. The van der Waals surface area contributed by atoms with Crippen LogP contribution in [0.4, 0.5) is 5.82 Å². The molecule has 0 saturated heterocycles. The van der Waals surface area contributed by atoms with Crippen molar-refractivity contribution in [3.8, 4) is 0 Å². The van der Waals surface area contributed by atoms with Gasteiger partial charge in [-0.25, -0.2) is 9.97 Å². The third-order valence-electron chi connectivity index (χ3n) is 3.59. The third kappa shape index (κ3) is 2.40. The molecule has 3 rings (SSSR count). The van der Waals surface area contributed by atoms with E-state index in [4.69, 9.17) is 10.5 Å². The lowest BCUT2D eigenvalue weighted by molar-refractivity contribution is 0.00203. The summed E-state index contributed by atoms with van der Waals surface area (Å²) in [6.07, 6.45) is 1.19. The lowest BCUT2D eigenvalue weighted by Gasteiger charge is -2.26. The molecule has 20 heavy (non-hydrogen) atoms. The number of fused-ring (bicyclic) bond motifs is 3. The highest BCUT2D eigenvalue weighted by Gasteiger charge is 2.27. The summed E-state index contributed by atoms with van der Waals surface area (Å²) < 4.78 is 5.93. The SMILES string of the molecule is CCSc1nc(N)c2c3c(sc2n1)COC(C(C)C)C3. The van der Waals surface area contributed by atoms with Crippen molar-refractivity contribution < 1.29 is 4.74 Å². The first kappa shape index (κ1) is 14.1. The Balaban J connectivity index is 2.08. The molecular weight excluding hydrogens is 290 g/mol. The Morgan fingerprint density at radius 1 is 1.45 bits per heavy atom. The highest BCUT2D eigenvalue weighted by atomic mass is 32.2. The van der Waals surface area contributed by atoms with Crippen LogP contribution >= 0.6 is 23.1 Å². The van der Waals surface area contributed by atoms with Crippen LogP contribution in [0.1, 0.15) is 31.2 Å². The molecule has 1 aliphatic rings. The van der Waals surface area contributed by atoms with E-state index in [2.05, 4.69) is 30.7 Å². The van der Waals surface area contributed by atoms with Gasteiger partial charge in [-0.1, -0.05) is 32.5 Å². The van der Waals surface area contributed by atoms with Crippen molar-refractivity contribution in [2.24, 2.45) is 5.92 Å². The lowest BCUT2D eigenvalue weighted by atomic mass is 9.96. The molecule has 0 spiro atoms. The van der Waals surface area contributed by atoms with Crippen LogP contribution in [0.3, 0.4) is 0 Å².